The fourth-order valence-electron chi connectivity index (χ4n) is 3.81. The van der Waals surface area contributed by atoms with Gasteiger partial charge in [0.05, 0.1) is 17.5 Å². The molecule has 0 spiro atoms. The number of aromatic nitrogens is 4. The molecule has 1 atom stereocenters. The van der Waals surface area contributed by atoms with Crippen LogP contribution in [0.15, 0.2) is 34.8 Å². The molecule has 0 saturated carbocycles. The van der Waals surface area contributed by atoms with Crippen molar-refractivity contribution in [3.05, 3.63) is 51.2 Å². The van der Waals surface area contributed by atoms with Crippen LogP contribution in [0.25, 0.3) is 5.69 Å². The maximum Gasteiger partial charge on any atom is 0.233 e. The van der Waals surface area contributed by atoms with E-state index < -0.39 is 0 Å². The highest BCUT2D eigenvalue weighted by atomic mass is 32.2. The maximum absolute atomic E-state index is 13.0. The number of thioether (sulfide) groups is 1. The lowest BCUT2D eigenvalue weighted by molar-refractivity contribution is -0.131. The molecule has 0 N–H and O–H groups in total. The summed E-state index contributed by atoms with van der Waals surface area (Å²) < 4.78 is 1.72. The SMILES string of the molecule is CCC1c2ccsc2CCN1C(=O)CSc1nnnn1-c1ccc(C)cc1C. The molecule has 2 aromatic heterocycles. The Morgan fingerprint density at radius 3 is 2.96 bits per heavy atom. The zero-order chi connectivity index (χ0) is 19.7. The minimum Gasteiger partial charge on any atom is -0.335 e. The van der Waals surface area contributed by atoms with Gasteiger partial charge in [0.1, 0.15) is 0 Å². The van der Waals surface area contributed by atoms with Gasteiger partial charge in [-0.25, -0.2) is 0 Å². The van der Waals surface area contributed by atoms with Gasteiger partial charge in [-0.2, -0.15) is 4.68 Å². The fraction of sp³-hybridized carbons (Fsp3) is 0.400. The fourth-order valence-corrected chi connectivity index (χ4v) is 5.51. The van der Waals surface area contributed by atoms with Crippen molar-refractivity contribution in [3.63, 3.8) is 0 Å². The molecule has 8 heteroatoms. The lowest BCUT2D eigenvalue weighted by Crippen LogP contribution is -2.40. The predicted molar refractivity (Wildman–Crippen MR) is 112 cm³/mol. The summed E-state index contributed by atoms with van der Waals surface area (Å²) in [6.45, 7) is 7.03. The second-order valence-electron chi connectivity index (χ2n) is 7.01. The highest BCUT2D eigenvalue weighted by Gasteiger charge is 2.30. The van der Waals surface area contributed by atoms with E-state index in [1.807, 2.05) is 24.0 Å². The number of amides is 1. The van der Waals surface area contributed by atoms with E-state index in [1.165, 1.54) is 27.8 Å². The van der Waals surface area contributed by atoms with Crippen LogP contribution in [0.5, 0.6) is 0 Å². The van der Waals surface area contributed by atoms with E-state index in [1.54, 1.807) is 16.0 Å². The number of fused-ring (bicyclic) bond motifs is 1. The Labute approximate surface area is 172 Å². The van der Waals surface area contributed by atoms with Crippen LogP contribution >= 0.6 is 23.1 Å². The molecule has 28 heavy (non-hydrogen) atoms. The molecule has 0 radical (unpaired) electrons. The smallest absolute Gasteiger partial charge is 0.233 e. The van der Waals surface area contributed by atoms with E-state index in [0.717, 1.165) is 30.6 Å². The van der Waals surface area contributed by atoms with Crippen LogP contribution in [0, 0.1) is 13.8 Å². The molecule has 0 bridgehead atoms. The van der Waals surface area contributed by atoms with E-state index in [9.17, 15) is 4.79 Å². The number of hydrogen-bond acceptors (Lipinski definition) is 6. The van der Waals surface area contributed by atoms with Crippen LogP contribution in [-0.4, -0.2) is 43.3 Å². The van der Waals surface area contributed by atoms with Crippen LogP contribution in [0.1, 0.15) is 41.0 Å². The molecule has 1 aromatic carbocycles. The van der Waals surface area contributed by atoms with Gasteiger partial charge in [-0.15, -0.1) is 16.4 Å². The molecule has 3 aromatic rings. The van der Waals surface area contributed by atoms with E-state index in [4.69, 9.17) is 0 Å². The Balaban J connectivity index is 1.48. The van der Waals surface area contributed by atoms with E-state index in [-0.39, 0.29) is 11.9 Å². The molecule has 1 aliphatic rings. The first-order chi connectivity index (χ1) is 13.6. The molecule has 4 rings (SSSR count). The molecule has 1 amide bonds. The lowest BCUT2D eigenvalue weighted by atomic mass is 9.98. The average molecular weight is 414 g/mol. The Morgan fingerprint density at radius 2 is 2.18 bits per heavy atom. The predicted octanol–water partition coefficient (Wildman–Crippen LogP) is 3.97. The number of rotatable bonds is 5. The minimum atomic E-state index is 0.142. The molecule has 146 valence electrons. The molecule has 1 aliphatic heterocycles. The molecule has 0 aliphatic carbocycles. The summed E-state index contributed by atoms with van der Waals surface area (Å²) in [5, 5.41) is 14.9. The first kappa shape index (κ1) is 19.1. The van der Waals surface area contributed by atoms with Crippen LogP contribution in [0.3, 0.4) is 0 Å². The van der Waals surface area contributed by atoms with E-state index >= 15 is 0 Å². The average Bonchev–Trinajstić information content (AvgIpc) is 3.34. The van der Waals surface area contributed by atoms with Crippen LogP contribution in [0.4, 0.5) is 0 Å². The standard InChI is InChI=1S/C20H23N5OS2/c1-4-16-15-8-10-27-18(15)7-9-24(16)19(26)12-28-20-21-22-23-25(20)17-6-5-13(2)11-14(17)3/h5-6,8,10-11,16H,4,7,9,12H2,1-3H3. The minimum absolute atomic E-state index is 0.142. The van der Waals surface area contributed by atoms with Crippen molar-refractivity contribution in [2.24, 2.45) is 0 Å². The van der Waals surface area contributed by atoms with Crippen molar-refractivity contribution in [2.45, 2.75) is 44.8 Å². The van der Waals surface area contributed by atoms with Crippen LogP contribution < -0.4 is 0 Å². The topological polar surface area (TPSA) is 63.9 Å². The zero-order valence-electron chi connectivity index (χ0n) is 16.3. The summed E-state index contributed by atoms with van der Waals surface area (Å²) in [4.78, 5) is 16.4. The summed E-state index contributed by atoms with van der Waals surface area (Å²) in [6.07, 6.45) is 1.88. The van der Waals surface area contributed by atoms with Gasteiger partial charge in [-0.05, 0) is 65.8 Å². The second kappa shape index (κ2) is 8.05. The first-order valence-electron chi connectivity index (χ1n) is 9.43. The highest BCUT2D eigenvalue weighted by molar-refractivity contribution is 7.99. The van der Waals surface area contributed by atoms with Gasteiger partial charge in [0.15, 0.2) is 0 Å². The number of carbonyl (C=O) groups is 1. The number of nitrogens with zero attached hydrogens (tertiary/aromatic N) is 5. The van der Waals surface area contributed by atoms with Gasteiger partial charge in [-0.1, -0.05) is 36.4 Å². The summed E-state index contributed by atoms with van der Waals surface area (Å²) in [5.41, 5.74) is 4.56. The van der Waals surface area contributed by atoms with Crippen molar-refractivity contribution in [2.75, 3.05) is 12.3 Å². The third kappa shape index (κ3) is 3.58. The highest BCUT2D eigenvalue weighted by Crippen LogP contribution is 2.35. The van der Waals surface area contributed by atoms with Gasteiger partial charge in [-0.3, -0.25) is 4.79 Å². The van der Waals surface area contributed by atoms with E-state index in [0.29, 0.717) is 10.9 Å². The molecule has 0 saturated heterocycles. The van der Waals surface area contributed by atoms with Gasteiger partial charge in [0.2, 0.25) is 11.1 Å². The normalized spacial score (nSPS) is 16.2. The second-order valence-corrected chi connectivity index (χ2v) is 8.96. The van der Waals surface area contributed by atoms with Crippen molar-refractivity contribution in [1.82, 2.24) is 25.1 Å². The number of benzene rings is 1. The van der Waals surface area contributed by atoms with Crippen LogP contribution in [-0.2, 0) is 11.2 Å². The molecule has 0 fully saturated rings. The van der Waals surface area contributed by atoms with Gasteiger partial charge in [0, 0.05) is 11.4 Å². The molecule has 1 unspecified atom stereocenters. The summed E-state index contributed by atoms with van der Waals surface area (Å²) in [6, 6.07) is 8.51. The largest absolute Gasteiger partial charge is 0.335 e. The van der Waals surface area contributed by atoms with Crippen molar-refractivity contribution < 1.29 is 4.79 Å². The molecule has 3 heterocycles. The van der Waals surface area contributed by atoms with Crippen LogP contribution in [0.2, 0.25) is 0 Å². The molecular weight excluding hydrogens is 390 g/mol. The Bertz CT molecular complexity index is 996. The Kier molecular flexibility index (Phi) is 5.50. The quantitative estimate of drug-likeness (QED) is 0.592. The third-order valence-electron chi connectivity index (χ3n) is 5.15. The van der Waals surface area contributed by atoms with Crippen molar-refractivity contribution in [1.29, 1.82) is 0 Å². The van der Waals surface area contributed by atoms with Gasteiger partial charge in [0.25, 0.3) is 0 Å². The Morgan fingerprint density at radius 1 is 1.32 bits per heavy atom. The molecule has 6 nitrogen and oxygen atoms in total. The third-order valence-corrected chi connectivity index (χ3v) is 7.05. The van der Waals surface area contributed by atoms with Crippen molar-refractivity contribution in [3.8, 4) is 5.69 Å². The zero-order valence-corrected chi connectivity index (χ0v) is 17.9. The Hall–Kier alpha value is -2.19. The maximum atomic E-state index is 13.0. The van der Waals surface area contributed by atoms with Gasteiger partial charge < -0.3 is 4.90 Å². The number of carbonyl (C=O) groups excluding carboxylic acids is 1. The van der Waals surface area contributed by atoms with E-state index in [2.05, 4.69) is 46.9 Å². The lowest BCUT2D eigenvalue weighted by Gasteiger charge is -2.35. The summed E-state index contributed by atoms with van der Waals surface area (Å²) in [5.74, 6) is 0.477. The summed E-state index contributed by atoms with van der Waals surface area (Å²) >= 11 is 3.20. The number of tetrazole rings is 1. The number of aryl methyl sites for hydroxylation is 2. The monoisotopic (exact) mass is 413 g/mol. The number of thiophene rings is 1. The van der Waals surface area contributed by atoms with Gasteiger partial charge >= 0.3 is 0 Å². The molecular formula is C20H23N5OS2. The summed E-state index contributed by atoms with van der Waals surface area (Å²) in [7, 11) is 0. The van der Waals surface area contributed by atoms with Crippen molar-refractivity contribution >= 4 is 29.0 Å². The number of hydrogen-bond donors (Lipinski definition) is 0. The first-order valence-corrected chi connectivity index (χ1v) is 11.3.